The van der Waals surface area contributed by atoms with Crippen molar-refractivity contribution in [2.24, 2.45) is 0 Å². The minimum Gasteiger partial charge on any atom is -0.367 e. The quantitative estimate of drug-likeness (QED) is 0.443. The number of nitro groups is 1. The van der Waals surface area contributed by atoms with Gasteiger partial charge >= 0.3 is 7.60 Å². The maximum Gasteiger partial charge on any atom is 0.349 e. The molecule has 0 aliphatic heterocycles. The molecule has 0 amide bonds. The number of halogens is 1. The van der Waals surface area contributed by atoms with E-state index < -0.39 is 12.5 Å². The number of benzene rings is 1. The molecular formula is C11H16ClN2O5P. The molecule has 1 aromatic rings. The van der Waals surface area contributed by atoms with Crippen molar-refractivity contribution in [3.63, 3.8) is 0 Å². The van der Waals surface area contributed by atoms with E-state index in [0.717, 1.165) is 0 Å². The summed E-state index contributed by atoms with van der Waals surface area (Å²) in [7, 11) is -3.35. The predicted molar refractivity (Wildman–Crippen MR) is 77.5 cm³/mol. The van der Waals surface area contributed by atoms with E-state index in [-0.39, 0.29) is 35.9 Å². The highest BCUT2D eigenvalue weighted by atomic mass is 35.5. The molecule has 0 bridgehead atoms. The SMILES string of the molecule is CCOP(=O)(CNc1c(Cl)cccc1[N+](=O)[O-])OCC. The van der Waals surface area contributed by atoms with Gasteiger partial charge in [0.2, 0.25) is 0 Å². The third-order valence-electron chi connectivity index (χ3n) is 2.29. The van der Waals surface area contributed by atoms with Gasteiger partial charge in [0.05, 0.1) is 23.2 Å². The molecule has 0 unspecified atom stereocenters. The minimum atomic E-state index is -3.35. The first-order valence-electron chi connectivity index (χ1n) is 5.98. The highest BCUT2D eigenvalue weighted by Gasteiger charge is 2.26. The lowest BCUT2D eigenvalue weighted by Crippen LogP contribution is -2.09. The molecule has 0 aliphatic carbocycles. The van der Waals surface area contributed by atoms with Crippen LogP contribution in [0.1, 0.15) is 13.8 Å². The van der Waals surface area contributed by atoms with Gasteiger partial charge in [-0.25, -0.2) is 0 Å². The molecule has 1 aromatic carbocycles. The second kappa shape index (κ2) is 7.59. The summed E-state index contributed by atoms with van der Waals surface area (Å²) < 4.78 is 22.4. The Bertz CT molecular complexity index is 516. The molecular weight excluding hydrogens is 307 g/mol. The molecule has 1 rings (SSSR count). The molecule has 0 saturated carbocycles. The van der Waals surface area contributed by atoms with Crippen molar-refractivity contribution in [1.82, 2.24) is 0 Å². The first-order chi connectivity index (χ1) is 9.43. The first kappa shape index (κ1) is 16.9. The third-order valence-corrected chi connectivity index (χ3v) is 4.45. The van der Waals surface area contributed by atoms with Gasteiger partial charge in [0.15, 0.2) is 0 Å². The van der Waals surface area contributed by atoms with Gasteiger partial charge in [-0.3, -0.25) is 14.7 Å². The summed E-state index contributed by atoms with van der Waals surface area (Å²) in [5, 5.41) is 13.8. The monoisotopic (exact) mass is 322 g/mol. The number of nitro benzene ring substituents is 1. The molecule has 112 valence electrons. The third kappa shape index (κ3) is 4.45. The molecule has 0 fully saturated rings. The summed E-state index contributed by atoms with van der Waals surface area (Å²) in [6.45, 7) is 3.79. The highest BCUT2D eigenvalue weighted by molar-refractivity contribution is 7.53. The number of nitrogens with one attached hydrogen (secondary N) is 1. The van der Waals surface area contributed by atoms with E-state index >= 15 is 0 Å². The van der Waals surface area contributed by atoms with Gasteiger partial charge in [-0.1, -0.05) is 17.7 Å². The molecule has 1 N–H and O–H groups in total. The maximum absolute atomic E-state index is 12.3. The lowest BCUT2D eigenvalue weighted by atomic mass is 10.3. The van der Waals surface area contributed by atoms with E-state index in [1.165, 1.54) is 18.2 Å². The van der Waals surface area contributed by atoms with Gasteiger partial charge in [0, 0.05) is 6.07 Å². The van der Waals surface area contributed by atoms with E-state index in [0.29, 0.717) is 0 Å². The van der Waals surface area contributed by atoms with Crippen molar-refractivity contribution in [3.05, 3.63) is 33.3 Å². The van der Waals surface area contributed by atoms with E-state index in [1.54, 1.807) is 13.8 Å². The van der Waals surface area contributed by atoms with Gasteiger partial charge in [0.25, 0.3) is 5.69 Å². The molecule has 0 saturated heterocycles. The van der Waals surface area contributed by atoms with Crippen LogP contribution in [0.25, 0.3) is 0 Å². The average Bonchev–Trinajstić information content (AvgIpc) is 2.37. The standard InChI is InChI=1S/C11H16ClN2O5P/c1-3-18-20(17,19-4-2)8-13-11-9(12)6-5-7-10(11)14(15)16/h5-7,13H,3-4,8H2,1-2H3. The van der Waals surface area contributed by atoms with Crippen molar-refractivity contribution in [1.29, 1.82) is 0 Å². The Balaban J connectivity index is 2.93. The van der Waals surface area contributed by atoms with E-state index in [4.69, 9.17) is 20.6 Å². The van der Waals surface area contributed by atoms with Crippen LogP contribution in [0.5, 0.6) is 0 Å². The number of rotatable bonds is 8. The molecule has 0 spiro atoms. The predicted octanol–water partition coefficient (Wildman–Crippen LogP) is 3.88. The summed E-state index contributed by atoms with van der Waals surface area (Å²) in [6, 6.07) is 4.28. The Morgan fingerprint density at radius 3 is 2.45 bits per heavy atom. The molecule has 20 heavy (non-hydrogen) atoms. The molecule has 0 aliphatic rings. The van der Waals surface area contributed by atoms with Crippen LogP contribution in [0.4, 0.5) is 11.4 Å². The molecule has 0 aromatic heterocycles. The van der Waals surface area contributed by atoms with Crippen LogP contribution in [0, 0.1) is 10.1 Å². The van der Waals surface area contributed by atoms with Gasteiger partial charge in [-0.05, 0) is 19.9 Å². The summed E-state index contributed by atoms with van der Waals surface area (Å²) in [5.74, 6) is 0. The Labute approximate surface area is 121 Å². The van der Waals surface area contributed by atoms with Crippen LogP contribution in [0.3, 0.4) is 0 Å². The first-order valence-corrected chi connectivity index (χ1v) is 8.09. The second-order valence-corrected chi connectivity index (χ2v) is 6.13. The summed E-state index contributed by atoms with van der Waals surface area (Å²) in [6.07, 6.45) is -0.195. The maximum atomic E-state index is 12.3. The van der Waals surface area contributed by atoms with E-state index in [1.807, 2.05) is 0 Å². The van der Waals surface area contributed by atoms with Crippen LogP contribution in [-0.4, -0.2) is 24.4 Å². The smallest absolute Gasteiger partial charge is 0.349 e. The number of anilines is 1. The van der Waals surface area contributed by atoms with E-state index in [2.05, 4.69) is 5.32 Å². The zero-order valence-electron chi connectivity index (χ0n) is 11.2. The van der Waals surface area contributed by atoms with Crippen molar-refractivity contribution in [2.45, 2.75) is 13.8 Å². The zero-order chi connectivity index (χ0) is 15.2. The Morgan fingerprint density at radius 1 is 1.35 bits per heavy atom. The Hall–Kier alpha value is -1.14. The van der Waals surface area contributed by atoms with Crippen molar-refractivity contribution in [2.75, 3.05) is 24.8 Å². The lowest BCUT2D eigenvalue weighted by Gasteiger charge is -2.18. The topological polar surface area (TPSA) is 90.7 Å². The van der Waals surface area contributed by atoms with Crippen LogP contribution in [0.2, 0.25) is 5.02 Å². The fraction of sp³-hybridized carbons (Fsp3) is 0.455. The Kier molecular flexibility index (Phi) is 6.42. The van der Waals surface area contributed by atoms with Gasteiger partial charge in [-0.15, -0.1) is 0 Å². The lowest BCUT2D eigenvalue weighted by molar-refractivity contribution is -0.383. The van der Waals surface area contributed by atoms with Crippen LogP contribution in [0.15, 0.2) is 18.2 Å². The van der Waals surface area contributed by atoms with E-state index in [9.17, 15) is 14.7 Å². The summed E-state index contributed by atoms with van der Waals surface area (Å²) >= 11 is 5.92. The Morgan fingerprint density at radius 2 is 1.95 bits per heavy atom. The zero-order valence-corrected chi connectivity index (χ0v) is 12.8. The highest BCUT2D eigenvalue weighted by Crippen LogP contribution is 2.48. The van der Waals surface area contributed by atoms with Crippen molar-refractivity contribution < 1.29 is 18.5 Å². The molecule has 0 atom stereocenters. The second-order valence-electron chi connectivity index (χ2n) is 3.67. The minimum absolute atomic E-state index is 0.0961. The average molecular weight is 323 g/mol. The fourth-order valence-corrected chi connectivity index (χ4v) is 3.17. The molecule has 7 nitrogen and oxygen atoms in total. The largest absolute Gasteiger partial charge is 0.367 e. The van der Waals surface area contributed by atoms with Crippen molar-refractivity contribution >= 4 is 30.6 Å². The molecule has 0 heterocycles. The fourth-order valence-electron chi connectivity index (χ4n) is 1.54. The number of para-hydroxylation sites is 1. The normalized spacial score (nSPS) is 11.3. The van der Waals surface area contributed by atoms with Crippen molar-refractivity contribution in [3.8, 4) is 0 Å². The van der Waals surface area contributed by atoms with Gasteiger partial charge < -0.3 is 14.4 Å². The molecule has 9 heteroatoms. The number of hydrogen-bond donors (Lipinski definition) is 1. The number of nitrogens with zero attached hydrogens (tertiary/aromatic N) is 1. The van der Waals surface area contributed by atoms with Gasteiger partial charge in [0.1, 0.15) is 12.0 Å². The molecule has 0 radical (unpaired) electrons. The summed E-state index contributed by atoms with van der Waals surface area (Å²) in [5.41, 5.74) is -0.101. The van der Waals surface area contributed by atoms with Crippen LogP contribution >= 0.6 is 19.2 Å². The van der Waals surface area contributed by atoms with Gasteiger partial charge in [-0.2, -0.15) is 0 Å². The summed E-state index contributed by atoms with van der Waals surface area (Å²) in [4.78, 5) is 10.4. The number of hydrogen-bond acceptors (Lipinski definition) is 6. The van der Waals surface area contributed by atoms with Crippen LogP contribution in [-0.2, 0) is 13.6 Å². The van der Waals surface area contributed by atoms with Crippen LogP contribution < -0.4 is 5.32 Å².